The van der Waals surface area contributed by atoms with Crippen LogP contribution in [0.15, 0.2) is 114 Å². The number of carbonyl (C=O) groups excluding carboxylic acids is 2. The molecule has 1 N–H and O–H groups in total. The van der Waals surface area contributed by atoms with Crippen molar-refractivity contribution in [1.82, 2.24) is 10.2 Å². The van der Waals surface area contributed by atoms with Gasteiger partial charge in [-0.05, 0) is 67.8 Å². The molecule has 1 saturated carbocycles. The molecule has 1 atom stereocenters. The van der Waals surface area contributed by atoms with Crippen molar-refractivity contribution in [3.8, 4) is 5.75 Å². The average Bonchev–Trinajstić information content (AvgIpc) is 3.11. The second-order valence-corrected chi connectivity index (χ2v) is 13.8. The largest absolute Gasteiger partial charge is 0.494 e. The van der Waals surface area contributed by atoms with Gasteiger partial charge in [-0.2, -0.15) is 0 Å². The van der Waals surface area contributed by atoms with E-state index in [0.29, 0.717) is 12.4 Å². The normalized spacial score (nSPS) is 14.1. The second-order valence-electron chi connectivity index (χ2n) is 11.9. The number of amides is 2. The molecule has 10 heteroatoms. The summed E-state index contributed by atoms with van der Waals surface area (Å²) in [5.74, 6) is -1.00. The van der Waals surface area contributed by atoms with Crippen molar-refractivity contribution in [3.63, 3.8) is 0 Å². The second kappa shape index (κ2) is 16.4. The Morgan fingerprint density at radius 2 is 1.48 bits per heavy atom. The number of para-hydroxylation sites is 1. The van der Waals surface area contributed by atoms with Crippen LogP contribution in [-0.2, 0) is 32.6 Å². The number of anilines is 1. The Morgan fingerprint density at radius 3 is 2.12 bits per heavy atom. The minimum Gasteiger partial charge on any atom is -0.494 e. The van der Waals surface area contributed by atoms with Crippen LogP contribution in [0.2, 0.25) is 0 Å². The summed E-state index contributed by atoms with van der Waals surface area (Å²) < 4.78 is 50.1. The molecule has 5 rings (SSSR count). The van der Waals surface area contributed by atoms with Crippen molar-refractivity contribution in [2.45, 2.75) is 69.0 Å². The van der Waals surface area contributed by atoms with Crippen LogP contribution < -0.4 is 14.4 Å². The molecule has 48 heavy (non-hydrogen) atoms. The van der Waals surface area contributed by atoms with Gasteiger partial charge >= 0.3 is 0 Å². The molecule has 0 saturated heterocycles. The lowest BCUT2D eigenvalue weighted by Crippen LogP contribution is -2.55. The Labute approximate surface area is 282 Å². The molecular weight excluding hydrogens is 629 g/mol. The first-order valence-corrected chi connectivity index (χ1v) is 17.9. The number of benzene rings is 4. The molecule has 4 aromatic rings. The number of hydrogen-bond donors (Lipinski definition) is 1. The molecule has 4 aromatic carbocycles. The van der Waals surface area contributed by atoms with Crippen LogP contribution in [0.5, 0.6) is 5.75 Å². The summed E-state index contributed by atoms with van der Waals surface area (Å²) in [5.41, 5.74) is 1.31. The van der Waals surface area contributed by atoms with E-state index in [1.165, 1.54) is 23.1 Å². The third-order valence-corrected chi connectivity index (χ3v) is 10.4. The zero-order chi connectivity index (χ0) is 33.9. The number of nitrogens with zero attached hydrogens (tertiary/aromatic N) is 2. The van der Waals surface area contributed by atoms with Crippen LogP contribution in [0.25, 0.3) is 0 Å². The highest BCUT2D eigenvalue weighted by atomic mass is 32.2. The van der Waals surface area contributed by atoms with Gasteiger partial charge in [0.25, 0.3) is 10.0 Å². The number of halogens is 1. The third-order valence-electron chi connectivity index (χ3n) is 8.57. The van der Waals surface area contributed by atoms with Gasteiger partial charge in [-0.3, -0.25) is 13.9 Å². The SMILES string of the molecule is CCOc1ccc(S(=O)(=O)N(CC(=O)N(Cc2ccccc2F)[C@@H](Cc2ccccc2)C(=O)NC2CCCCC2)c2ccccc2)cc1. The predicted molar refractivity (Wildman–Crippen MR) is 184 cm³/mol. The van der Waals surface area contributed by atoms with Crippen molar-refractivity contribution in [2.24, 2.45) is 0 Å². The Bertz CT molecular complexity index is 1750. The van der Waals surface area contributed by atoms with E-state index in [2.05, 4.69) is 5.32 Å². The van der Waals surface area contributed by atoms with Crippen LogP contribution in [0.1, 0.15) is 50.2 Å². The van der Waals surface area contributed by atoms with E-state index >= 15 is 4.39 Å². The van der Waals surface area contributed by atoms with Crippen molar-refractivity contribution in [2.75, 3.05) is 17.5 Å². The summed E-state index contributed by atoms with van der Waals surface area (Å²) in [6.07, 6.45) is 4.95. The lowest BCUT2D eigenvalue weighted by Gasteiger charge is -2.35. The number of carbonyl (C=O) groups is 2. The van der Waals surface area contributed by atoms with Crippen molar-refractivity contribution >= 4 is 27.5 Å². The van der Waals surface area contributed by atoms with E-state index in [1.54, 1.807) is 60.7 Å². The van der Waals surface area contributed by atoms with E-state index in [0.717, 1.165) is 42.0 Å². The molecule has 0 bridgehead atoms. The van der Waals surface area contributed by atoms with Gasteiger partial charge in [0.2, 0.25) is 11.8 Å². The van der Waals surface area contributed by atoms with Gasteiger partial charge in [-0.25, -0.2) is 12.8 Å². The van der Waals surface area contributed by atoms with Gasteiger partial charge in [0.15, 0.2) is 0 Å². The molecule has 252 valence electrons. The lowest BCUT2D eigenvalue weighted by molar-refractivity contribution is -0.140. The highest BCUT2D eigenvalue weighted by Gasteiger charge is 2.35. The van der Waals surface area contributed by atoms with E-state index in [9.17, 15) is 18.0 Å². The van der Waals surface area contributed by atoms with Gasteiger partial charge in [-0.15, -0.1) is 0 Å². The Hall–Kier alpha value is -4.70. The highest BCUT2D eigenvalue weighted by Crippen LogP contribution is 2.27. The highest BCUT2D eigenvalue weighted by molar-refractivity contribution is 7.92. The molecule has 0 heterocycles. The van der Waals surface area contributed by atoms with Gasteiger partial charge in [0, 0.05) is 24.6 Å². The lowest BCUT2D eigenvalue weighted by atomic mass is 9.94. The predicted octanol–water partition coefficient (Wildman–Crippen LogP) is 6.51. The summed E-state index contributed by atoms with van der Waals surface area (Å²) in [4.78, 5) is 30.0. The number of ether oxygens (including phenoxy) is 1. The maximum absolute atomic E-state index is 15.1. The first-order chi connectivity index (χ1) is 23.3. The van der Waals surface area contributed by atoms with Crippen LogP contribution in [0.3, 0.4) is 0 Å². The average molecular weight is 672 g/mol. The van der Waals surface area contributed by atoms with Gasteiger partial charge in [0.05, 0.1) is 17.2 Å². The fourth-order valence-corrected chi connectivity index (χ4v) is 7.45. The van der Waals surface area contributed by atoms with Crippen LogP contribution in [0, 0.1) is 5.82 Å². The summed E-state index contributed by atoms with van der Waals surface area (Å²) in [6, 6.07) is 28.7. The fourth-order valence-electron chi connectivity index (χ4n) is 6.03. The van der Waals surface area contributed by atoms with Gasteiger partial charge < -0.3 is 15.0 Å². The molecule has 1 aliphatic rings. The maximum atomic E-state index is 15.1. The standard InChI is InChI=1S/C38H42FN3O5S/c1-2-47-33-22-24-34(25-23-33)48(45,46)42(32-19-10-5-11-20-32)28-37(43)41(27-30-16-12-13-21-35(30)39)36(26-29-14-6-3-7-15-29)38(44)40-31-17-8-4-9-18-31/h3,5-7,10-16,19-25,31,36H,2,4,8-9,17-18,26-28H2,1H3,(H,40,44)/t36-/m0/s1. The van der Waals surface area contributed by atoms with Gasteiger partial charge in [-0.1, -0.05) is 86.0 Å². The molecule has 0 radical (unpaired) electrons. The summed E-state index contributed by atoms with van der Waals surface area (Å²) in [6.45, 7) is 1.41. The smallest absolute Gasteiger partial charge is 0.264 e. The number of nitrogens with one attached hydrogen (secondary N) is 1. The molecule has 2 amide bonds. The van der Waals surface area contributed by atoms with Crippen LogP contribution >= 0.6 is 0 Å². The Morgan fingerprint density at radius 1 is 0.854 bits per heavy atom. The molecule has 8 nitrogen and oxygen atoms in total. The van der Waals surface area contributed by atoms with E-state index < -0.39 is 34.3 Å². The topological polar surface area (TPSA) is 96.0 Å². The van der Waals surface area contributed by atoms with Gasteiger partial charge in [0.1, 0.15) is 24.2 Å². The molecule has 0 aromatic heterocycles. The molecular formula is C38H42FN3O5S. The minimum absolute atomic E-state index is 0.0286. The first kappa shape index (κ1) is 34.6. The van der Waals surface area contributed by atoms with E-state index in [4.69, 9.17) is 4.74 Å². The monoisotopic (exact) mass is 671 g/mol. The first-order valence-electron chi connectivity index (χ1n) is 16.4. The van der Waals surface area contributed by atoms with Crippen molar-refractivity contribution in [1.29, 1.82) is 0 Å². The molecule has 1 aliphatic carbocycles. The quantitative estimate of drug-likeness (QED) is 0.165. The Kier molecular flexibility index (Phi) is 11.8. The van der Waals surface area contributed by atoms with E-state index in [-0.39, 0.29) is 41.1 Å². The van der Waals surface area contributed by atoms with Crippen LogP contribution in [-0.4, -0.2) is 50.4 Å². The summed E-state index contributed by atoms with van der Waals surface area (Å²) in [7, 11) is -4.27. The Balaban J connectivity index is 1.54. The number of sulfonamides is 1. The van der Waals surface area contributed by atoms with Crippen molar-refractivity contribution < 1.29 is 27.1 Å². The zero-order valence-electron chi connectivity index (χ0n) is 27.1. The molecule has 0 aliphatic heterocycles. The van der Waals surface area contributed by atoms with E-state index in [1.807, 2.05) is 37.3 Å². The molecule has 1 fully saturated rings. The number of rotatable bonds is 14. The van der Waals surface area contributed by atoms with Crippen LogP contribution in [0.4, 0.5) is 10.1 Å². The molecule has 0 spiro atoms. The third kappa shape index (κ3) is 8.80. The minimum atomic E-state index is -4.27. The zero-order valence-corrected chi connectivity index (χ0v) is 27.9. The molecule has 0 unspecified atom stereocenters. The maximum Gasteiger partial charge on any atom is 0.264 e. The number of hydrogen-bond acceptors (Lipinski definition) is 5. The fraction of sp³-hybridized carbons (Fsp3) is 0.316. The summed E-state index contributed by atoms with van der Waals surface area (Å²) >= 11 is 0. The van der Waals surface area contributed by atoms with Crippen molar-refractivity contribution in [3.05, 3.63) is 126 Å². The summed E-state index contributed by atoms with van der Waals surface area (Å²) in [5, 5.41) is 3.16.